The number of halogens is 1. The molecule has 6 rings (SSSR count). The fourth-order valence-electron chi connectivity index (χ4n) is 6.60. The quantitative estimate of drug-likeness (QED) is 0.793. The maximum atomic E-state index is 15.0. The minimum Gasteiger partial charge on any atom is -0.494 e. The minimum absolute atomic E-state index is 0.0794. The summed E-state index contributed by atoms with van der Waals surface area (Å²) in [6.07, 6.45) is 5.07. The number of aromatic amines is 1. The average Bonchev–Trinajstić information content (AvgIpc) is 3.08. The fourth-order valence-corrected chi connectivity index (χ4v) is 6.60. The van der Waals surface area contributed by atoms with Gasteiger partial charge in [-0.25, -0.2) is 4.39 Å². The number of benzene rings is 1. The van der Waals surface area contributed by atoms with Crippen LogP contribution in [0.1, 0.15) is 58.1 Å². The van der Waals surface area contributed by atoms with E-state index in [0.717, 1.165) is 38.6 Å². The summed E-state index contributed by atoms with van der Waals surface area (Å²) in [5, 5.41) is 17.5. The summed E-state index contributed by atoms with van der Waals surface area (Å²) in [4.78, 5) is 15.6. The van der Waals surface area contributed by atoms with Gasteiger partial charge in [0.05, 0.1) is 35.2 Å². The van der Waals surface area contributed by atoms with Gasteiger partial charge in [0.25, 0.3) is 0 Å². The van der Waals surface area contributed by atoms with Crippen LogP contribution in [-0.4, -0.2) is 40.7 Å². The molecule has 0 spiro atoms. The highest BCUT2D eigenvalue weighted by molar-refractivity contribution is 5.86. The molecular weight excluding hydrogens is 395 g/mol. The second-order valence-corrected chi connectivity index (χ2v) is 10.5. The highest BCUT2D eigenvalue weighted by atomic mass is 19.1. The van der Waals surface area contributed by atoms with Crippen molar-refractivity contribution >= 4 is 16.8 Å². The molecule has 4 aliphatic rings. The molecule has 0 radical (unpaired) electrons. The van der Waals surface area contributed by atoms with Gasteiger partial charge in [-0.1, -0.05) is 13.8 Å². The topological polar surface area (TPSA) is 82.0 Å². The van der Waals surface area contributed by atoms with E-state index < -0.39 is 11.2 Å². The molecule has 4 bridgehead atoms. The van der Waals surface area contributed by atoms with Gasteiger partial charge in [0.1, 0.15) is 0 Å². The van der Waals surface area contributed by atoms with Crippen molar-refractivity contribution in [1.82, 2.24) is 15.1 Å². The van der Waals surface area contributed by atoms with Gasteiger partial charge in [-0.3, -0.25) is 9.89 Å². The van der Waals surface area contributed by atoms with Crippen LogP contribution < -0.4 is 4.74 Å². The second-order valence-electron chi connectivity index (χ2n) is 10.5. The number of nitrogens with one attached hydrogen (secondary N) is 1. The van der Waals surface area contributed by atoms with Crippen molar-refractivity contribution in [2.75, 3.05) is 13.7 Å². The minimum atomic E-state index is -0.654. The predicted octanol–water partition coefficient (Wildman–Crippen LogP) is 4.31. The molecule has 4 fully saturated rings. The number of nitriles is 1. The molecule has 4 atom stereocenters. The van der Waals surface area contributed by atoms with E-state index in [-0.39, 0.29) is 29.5 Å². The van der Waals surface area contributed by atoms with Crippen LogP contribution in [0.4, 0.5) is 4.39 Å². The van der Waals surface area contributed by atoms with Crippen LogP contribution in [0.25, 0.3) is 10.9 Å². The van der Waals surface area contributed by atoms with E-state index in [1.165, 1.54) is 7.11 Å². The summed E-state index contributed by atoms with van der Waals surface area (Å²) in [7, 11) is 1.44. The number of carbonyl (C=O) groups excluding carboxylic acids is 1. The molecule has 2 saturated heterocycles. The van der Waals surface area contributed by atoms with E-state index in [4.69, 9.17) is 4.74 Å². The van der Waals surface area contributed by atoms with E-state index in [2.05, 4.69) is 16.3 Å². The van der Waals surface area contributed by atoms with Crippen LogP contribution in [0, 0.1) is 34.4 Å². The van der Waals surface area contributed by atoms with Gasteiger partial charge in [0.2, 0.25) is 5.91 Å². The van der Waals surface area contributed by atoms with Crippen LogP contribution >= 0.6 is 0 Å². The molecule has 7 heteroatoms. The number of hydrogen-bond acceptors (Lipinski definition) is 4. The first-order valence-corrected chi connectivity index (χ1v) is 11.2. The summed E-state index contributed by atoms with van der Waals surface area (Å²) < 4.78 is 20.2. The van der Waals surface area contributed by atoms with E-state index in [9.17, 15) is 10.1 Å². The van der Waals surface area contributed by atoms with Crippen LogP contribution in [-0.2, 0) is 10.2 Å². The monoisotopic (exact) mass is 424 g/mol. The zero-order valence-electron chi connectivity index (χ0n) is 18.4. The van der Waals surface area contributed by atoms with Crippen molar-refractivity contribution in [3.8, 4) is 11.8 Å². The Morgan fingerprint density at radius 3 is 2.87 bits per heavy atom. The highest BCUT2D eigenvalue weighted by Crippen LogP contribution is 2.54. The number of amides is 1. The highest BCUT2D eigenvalue weighted by Gasteiger charge is 2.52. The van der Waals surface area contributed by atoms with E-state index in [1.807, 2.05) is 18.7 Å². The fraction of sp³-hybridized carbons (Fsp3) is 0.625. The Bertz CT molecular complexity index is 1090. The molecule has 1 aromatic heterocycles. The average molecular weight is 425 g/mol. The van der Waals surface area contributed by atoms with Crippen molar-refractivity contribution in [2.45, 2.75) is 63.8 Å². The maximum Gasteiger partial charge on any atom is 0.223 e. The van der Waals surface area contributed by atoms with Crippen LogP contribution in [0.15, 0.2) is 12.1 Å². The summed E-state index contributed by atoms with van der Waals surface area (Å²) in [5.41, 5.74) is 0.231. The number of carbonyl (C=O) groups is 1. The van der Waals surface area contributed by atoms with Gasteiger partial charge in [-0.05, 0) is 56.1 Å². The lowest BCUT2D eigenvalue weighted by atomic mass is 9.60. The van der Waals surface area contributed by atoms with Gasteiger partial charge in [0, 0.05) is 24.4 Å². The largest absolute Gasteiger partial charge is 0.494 e. The SMILES string of the molecule is COc1ccc2[nH]nc(C(C)(C)CC(=O)N3CC4CC5CC3CC(C#N)(C5)C4)c2c1F. The second kappa shape index (κ2) is 6.94. The lowest BCUT2D eigenvalue weighted by Crippen LogP contribution is -2.46. The first-order valence-electron chi connectivity index (χ1n) is 11.2. The molecule has 3 heterocycles. The molecular formula is C24H29FN4O2. The Morgan fingerprint density at radius 1 is 1.35 bits per heavy atom. The standard InChI is InChI=1S/C24H29FN4O2/c1-23(2,22-20-17(27-28-22)4-5-18(31-3)21(20)25)11-19(30)29-12-15-6-14-7-16(29)10-24(8-14,9-15)13-26/h4-5,14-16H,6-12H2,1-3H3,(H,27,28). The van der Waals surface area contributed by atoms with E-state index in [0.29, 0.717) is 28.4 Å². The summed E-state index contributed by atoms with van der Waals surface area (Å²) in [6, 6.07) is 6.07. The molecule has 4 unspecified atom stereocenters. The number of rotatable bonds is 4. The molecule has 31 heavy (non-hydrogen) atoms. The van der Waals surface area contributed by atoms with Gasteiger partial charge in [-0.2, -0.15) is 10.4 Å². The molecule has 1 N–H and O–H groups in total. The van der Waals surface area contributed by atoms with Gasteiger partial charge < -0.3 is 9.64 Å². The number of H-pyrrole nitrogens is 1. The van der Waals surface area contributed by atoms with Crippen LogP contribution in [0.5, 0.6) is 5.75 Å². The van der Waals surface area contributed by atoms with E-state index >= 15 is 4.39 Å². The van der Waals surface area contributed by atoms with Crippen molar-refractivity contribution in [1.29, 1.82) is 5.26 Å². The number of hydrogen-bond donors (Lipinski definition) is 1. The third-order valence-electron chi connectivity index (χ3n) is 7.80. The van der Waals surface area contributed by atoms with Crippen LogP contribution in [0.2, 0.25) is 0 Å². The lowest BCUT2D eigenvalue weighted by molar-refractivity contribution is -0.135. The Hall–Kier alpha value is -2.62. The molecule has 164 valence electrons. The number of methoxy groups -OCH3 is 1. The Balaban J connectivity index is 1.43. The smallest absolute Gasteiger partial charge is 0.223 e. The molecule has 2 aliphatic heterocycles. The zero-order chi connectivity index (χ0) is 22.0. The number of fused-ring (bicyclic) bond motifs is 2. The van der Waals surface area contributed by atoms with E-state index in [1.54, 1.807) is 12.1 Å². The molecule has 2 aromatic rings. The number of nitrogens with zero attached hydrogens (tertiary/aromatic N) is 3. The third kappa shape index (κ3) is 3.19. The van der Waals surface area contributed by atoms with Gasteiger partial charge >= 0.3 is 0 Å². The number of ether oxygens (including phenoxy) is 1. The normalized spacial score (nSPS) is 29.8. The van der Waals surface area contributed by atoms with Crippen molar-refractivity contribution in [3.05, 3.63) is 23.6 Å². The summed E-state index contributed by atoms with van der Waals surface area (Å²) in [6.45, 7) is 4.62. The summed E-state index contributed by atoms with van der Waals surface area (Å²) >= 11 is 0. The maximum absolute atomic E-state index is 15.0. The summed E-state index contributed by atoms with van der Waals surface area (Å²) in [5.74, 6) is 0.756. The molecule has 2 saturated carbocycles. The number of aromatic nitrogens is 2. The van der Waals surface area contributed by atoms with Crippen molar-refractivity contribution in [3.63, 3.8) is 0 Å². The molecule has 1 aromatic carbocycles. The molecule has 6 nitrogen and oxygen atoms in total. The first kappa shape index (κ1) is 20.3. The molecule has 1 amide bonds. The third-order valence-corrected chi connectivity index (χ3v) is 7.80. The zero-order valence-corrected chi connectivity index (χ0v) is 18.4. The van der Waals surface area contributed by atoms with Crippen molar-refractivity contribution in [2.24, 2.45) is 17.3 Å². The first-order chi connectivity index (χ1) is 14.7. The van der Waals surface area contributed by atoms with Gasteiger partial charge in [-0.15, -0.1) is 0 Å². The molecule has 2 aliphatic carbocycles. The Morgan fingerprint density at radius 2 is 2.13 bits per heavy atom. The van der Waals surface area contributed by atoms with Crippen LogP contribution in [0.3, 0.4) is 0 Å². The van der Waals surface area contributed by atoms with Gasteiger partial charge in [0.15, 0.2) is 11.6 Å². The Labute approximate surface area is 181 Å². The van der Waals surface area contributed by atoms with Crippen molar-refractivity contribution < 1.29 is 13.9 Å². The predicted molar refractivity (Wildman–Crippen MR) is 114 cm³/mol. The lowest BCUT2D eigenvalue weighted by Gasteiger charge is -2.44. The Kier molecular flexibility index (Phi) is 4.55.